The third-order valence-electron chi connectivity index (χ3n) is 9.55. The van der Waals surface area contributed by atoms with Crippen LogP contribution in [-0.4, -0.2) is 58.0 Å². The number of methoxy groups -OCH3 is 4. The van der Waals surface area contributed by atoms with E-state index in [4.69, 9.17) is 28.4 Å². The van der Waals surface area contributed by atoms with Crippen LogP contribution in [0.15, 0.2) is 91.0 Å². The zero-order chi connectivity index (χ0) is 33.6. The van der Waals surface area contributed by atoms with E-state index in [-0.39, 0.29) is 6.61 Å². The molecule has 8 heteroatoms. The van der Waals surface area contributed by atoms with Crippen LogP contribution in [0.25, 0.3) is 28.0 Å². The number of aliphatic hydroxyl groups excluding tert-OH is 2. The van der Waals surface area contributed by atoms with Crippen LogP contribution in [0, 0.1) is 0 Å². The fraction of sp³-hybridized carbons (Fsp3) is 0.250. The van der Waals surface area contributed by atoms with Crippen LogP contribution in [0.1, 0.15) is 34.7 Å². The summed E-state index contributed by atoms with van der Waals surface area (Å²) in [5, 5.41) is 21.9. The molecule has 2 unspecified atom stereocenters. The number of ether oxygens (including phenoxy) is 6. The van der Waals surface area contributed by atoms with Crippen molar-refractivity contribution in [3.63, 3.8) is 0 Å². The van der Waals surface area contributed by atoms with Gasteiger partial charge in [-0.2, -0.15) is 0 Å². The molecule has 2 N–H and O–H groups in total. The number of fused-ring (bicyclic) bond motifs is 8. The molecule has 1 aliphatic heterocycles. The highest BCUT2D eigenvalue weighted by atomic mass is 16.5. The maximum absolute atomic E-state index is 10.4. The van der Waals surface area contributed by atoms with Crippen molar-refractivity contribution in [1.29, 1.82) is 0 Å². The number of hydrogen-bond acceptors (Lipinski definition) is 8. The van der Waals surface area contributed by atoms with E-state index in [0.717, 1.165) is 61.2 Å². The second-order valence-corrected chi connectivity index (χ2v) is 12.1. The molecule has 0 fully saturated rings. The van der Waals surface area contributed by atoms with Gasteiger partial charge < -0.3 is 38.6 Å². The van der Waals surface area contributed by atoms with Gasteiger partial charge in [-0.1, -0.05) is 36.4 Å². The zero-order valence-corrected chi connectivity index (χ0v) is 27.6. The smallest absolute Gasteiger partial charge is 0.178 e. The van der Waals surface area contributed by atoms with Crippen LogP contribution < -0.4 is 23.7 Å². The first kappa shape index (κ1) is 31.6. The quantitative estimate of drug-likeness (QED) is 0.170. The Morgan fingerprint density at radius 3 is 1.85 bits per heavy atom. The lowest BCUT2D eigenvalue weighted by Gasteiger charge is -2.39. The van der Waals surface area contributed by atoms with Gasteiger partial charge in [0.25, 0.3) is 0 Å². The number of aliphatic hydroxyl groups is 2. The molecule has 0 radical (unpaired) electrons. The van der Waals surface area contributed by atoms with Crippen molar-refractivity contribution in [3.05, 3.63) is 119 Å². The maximum atomic E-state index is 10.4. The summed E-state index contributed by atoms with van der Waals surface area (Å²) < 4.78 is 36.3. The van der Waals surface area contributed by atoms with Gasteiger partial charge >= 0.3 is 0 Å². The average Bonchev–Trinajstić information content (AvgIpc) is 3.41. The van der Waals surface area contributed by atoms with Gasteiger partial charge in [-0.3, -0.25) is 0 Å². The Bertz CT molecular complexity index is 1970. The molecule has 8 nitrogen and oxygen atoms in total. The van der Waals surface area contributed by atoms with Crippen LogP contribution in [0.3, 0.4) is 0 Å². The third kappa shape index (κ3) is 4.87. The fourth-order valence-corrected chi connectivity index (χ4v) is 7.04. The molecular formula is C40H38O8. The molecule has 5 aromatic carbocycles. The van der Waals surface area contributed by atoms with Gasteiger partial charge in [0.15, 0.2) is 5.60 Å². The monoisotopic (exact) mass is 646 g/mol. The van der Waals surface area contributed by atoms with E-state index in [1.807, 2.05) is 85.8 Å². The molecule has 1 heterocycles. The highest BCUT2D eigenvalue weighted by molar-refractivity contribution is 6.08. The van der Waals surface area contributed by atoms with Gasteiger partial charge in [-0.25, -0.2) is 0 Å². The summed E-state index contributed by atoms with van der Waals surface area (Å²) >= 11 is 0. The van der Waals surface area contributed by atoms with Gasteiger partial charge in [0.2, 0.25) is 0 Å². The van der Waals surface area contributed by atoms with Crippen LogP contribution in [0.5, 0.6) is 28.7 Å². The van der Waals surface area contributed by atoms with E-state index in [9.17, 15) is 10.2 Å². The Morgan fingerprint density at radius 1 is 0.708 bits per heavy atom. The molecule has 0 aromatic heterocycles. The Labute approximate surface area is 279 Å². The molecule has 48 heavy (non-hydrogen) atoms. The largest absolute Gasteiger partial charge is 0.497 e. The van der Waals surface area contributed by atoms with Crippen molar-refractivity contribution in [1.82, 2.24) is 0 Å². The Morgan fingerprint density at radius 2 is 1.27 bits per heavy atom. The van der Waals surface area contributed by atoms with Crippen molar-refractivity contribution in [3.8, 4) is 39.9 Å². The van der Waals surface area contributed by atoms with Crippen molar-refractivity contribution in [2.45, 2.75) is 24.2 Å². The maximum Gasteiger partial charge on any atom is 0.178 e. The lowest BCUT2D eigenvalue weighted by atomic mass is 9.80. The topological polar surface area (TPSA) is 95.8 Å². The van der Waals surface area contributed by atoms with Crippen LogP contribution in [0.4, 0.5) is 0 Å². The Balaban J connectivity index is 1.54. The Kier molecular flexibility index (Phi) is 8.03. The minimum Gasteiger partial charge on any atom is -0.497 e. The van der Waals surface area contributed by atoms with Crippen LogP contribution in [-0.2, 0) is 15.9 Å². The first-order valence-corrected chi connectivity index (χ1v) is 15.8. The van der Waals surface area contributed by atoms with Crippen LogP contribution >= 0.6 is 0 Å². The summed E-state index contributed by atoms with van der Waals surface area (Å²) in [5.74, 6) is 3.52. The van der Waals surface area contributed by atoms with E-state index in [1.54, 1.807) is 28.4 Å². The first-order chi connectivity index (χ1) is 23.3. The lowest BCUT2D eigenvalue weighted by Crippen LogP contribution is -2.36. The van der Waals surface area contributed by atoms with Gasteiger partial charge in [0, 0.05) is 27.6 Å². The zero-order valence-electron chi connectivity index (χ0n) is 27.6. The highest BCUT2D eigenvalue weighted by Crippen LogP contribution is 2.59. The summed E-state index contributed by atoms with van der Waals surface area (Å²) in [6, 6.07) is 27.8. The van der Waals surface area contributed by atoms with Gasteiger partial charge in [-0.05, 0) is 89.7 Å². The summed E-state index contributed by atoms with van der Waals surface area (Å²) in [5.41, 5.74) is 4.39. The predicted octanol–water partition coefficient (Wildman–Crippen LogP) is 6.84. The van der Waals surface area contributed by atoms with Crippen molar-refractivity contribution in [2.75, 3.05) is 41.7 Å². The van der Waals surface area contributed by atoms with Crippen molar-refractivity contribution >= 4 is 16.8 Å². The van der Waals surface area contributed by atoms with Crippen molar-refractivity contribution < 1.29 is 38.6 Å². The fourth-order valence-electron chi connectivity index (χ4n) is 7.04. The molecule has 5 aromatic rings. The third-order valence-corrected chi connectivity index (χ3v) is 9.55. The predicted molar refractivity (Wildman–Crippen MR) is 184 cm³/mol. The average molecular weight is 647 g/mol. The second kappa shape index (κ2) is 12.2. The molecule has 0 saturated carbocycles. The van der Waals surface area contributed by atoms with Crippen molar-refractivity contribution in [2.24, 2.45) is 0 Å². The minimum absolute atomic E-state index is 0.0787. The van der Waals surface area contributed by atoms with E-state index in [2.05, 4.69) is 18.2 Å². The summed E-state index contributed by atoms with van der Waals surface area (Å²) in [4.78, 5) is 0. The standard InChI is InChI=1S/C40H38O8/c1-39(47-23-26(42)22-41)35-21-30(46-5)15-17-32(35)36-31-16-14-29(45-4)20-34(31)38-33(37(36)39)18-19-40(48-38,24-6-10-27(43-2)11-7-24)25-8-12-28(44-3)13-9-25/h6-21,26,41-42H,22-23H2,1-5H3. The molecule has 0 bridgehead atoms. The number of benzene rings is 5. The molecule has 0 saturated heterocycles. The molecule has 2 atom stereocenters. The Hall–Kier alpha value is -5.02. The number of rotatable bonds is 10. The molecule has 0 spiro atoms. The second-order valence-electron chi connectivity index (χ2n) is 12.1. The molecular weight excluding hydrogens is 608 g/mol. The van der Waals surface area contributed by atoms with Gasteiger partial charge in [-0.15, -0.1) is 0 Å². The first-order valence-electron chi connectivity index (χ1n) is 15.8. The molecule has 0 amide bonds. The highest BCUT2D eigenvalue weighted by Gasteiger charge is 2.47. The molecule has 1 aliphatic carbocycles. The molecule has 7 rings (SSSR count). The van der Waals surface area contributed by atoms with E-state index >= 15 is 0 Å². The number of hydrogen-bond donors (Lipinski definition) is 2. The van der Waals surface area contributed by atoms with E-state index < -0.39 is 23.9 Å². The van der Waals surface area contributed by atoms with Crippen LogP contribution in [0.2, 0.25) is 0 Å². The summed E-state index contributed by atoms with van der Waals surface area (Å²) in [7, 11) is 6.58. The molecule has 2 aliphatic rings. The molecule has 246 valence electrons. The van der Waals surface area contributed by atoms with Gasteiger partial charge in [0.1, 0.15) is 40.5 Å². The normalized spacial score (nSPS) is 17.6. The van der Waals surface area contributed by atoms with E-state index in [0.29, 0.717) is 17.2 Å². The minimum atomic E-state index is -1.05. The SMILES string of the molecule is COc1ccc(C2(c3ccc(OC)cc3)C=Cc3c4c(c5ccc(OC)cc5c3O2)-c2ccc(OC)cc2C4(C)OCC(O)CO)cc1. The van der Waals surface area contributed by atoms with E-state index in [1.165, 1.54) is 0 Å². The lowest BCUT2D eigenvalue weighted by molar-refractivity contribution is -0.0610. The van der Waals surface area contributed by atoms with Gasteiger partial charge in [0.05, 0.1) is 41.7 Å². The summed E-state index contributed by atoms with van der Waals surface area (Å²) in [6.45, 7) is 1.50. The summed E-state index contributed by atoms with van der Waals surface area (Å²) in [6.07, 6.45) is 3.14.